The van der Waals surface area contributed by atoms with Gasteiger partial charge in [-0.3, -0.25) is 4.90 Å². The Morgan fingerprint density at radius 1 is 1.45 bits per heavy atom. The number of hydrogen-bond acceptors (Lipinski definition) is 6. The second-order valence-electron chi connectivity index (χ2n) is 5.31. The first-order valence-electron chi connectivity index (χ1n) is 7.14. The zero-order valence-corrected chi connectivity index (χ0v) is 11.5. The van der Waals surface area contributed by atoms with Crippen LogP contribution in [0.25, 0.3) is 11.7 Å². The molecule has 1 unspecified atom stereocenters. The molecule has 2 aromatic heterocycles. The molecule has 1 aliphatic rings. The topological polar surface area (TPSA) is 81.3 Å². The van der Waals surface area contributed by atoms with Crippen molar-refractivity contribution in [3.63, 3.8) is 0 Å². The fraction of sp³-hybridized carbons (Fsp3) is 0.571. The predicted octanol–water partition coefficient (Wildman–Crippen LogP) is 1.89. The van der Waals surface area contributed by atoms with Gasteiger partial charge in [-0.05, 0) is 50.4 Å². The van der Waals surface area contributed by atoms with Crippen molar-refractivity contribution >= 4 is 0 Å². The van der Waals surface area contributed by atoms with Gasteiger partial charge in [-0.2, -0.15) is 4.98 Å². The van der Waals surface area contributed by atoms with Crippen molar-refractivity contribution in [3.05, 3.63) is 24.2 Å². The van der Waals surface area contributed by atoms with Gasteiger partial charge in [0.05, 0.1) is 12.8 Å². The SMILES string of the molecule is NCCC1CCCN(Cc2noc(-c3ccco3)n2)C1. The summed E-state index contributed by atoms with van der Waals surface area (Å²) >= 11 is 0. The Kier molecular flexibility index (Phi) is 4.13. The van der Waals surface area contributed by atoms with Gasteiger partial charge in [0.1, 0.15) is 0 Å². The van der Waals surface area contributed by atoms with E-state index in [0.717, 1.165) is 32.6 Å². The summed E-state index contributed by atoms with van der Waals surface area (Å²) in [6, 6.07) is 3.62. The van der Waals surface area contributed by atoms with Gasteiger partial charge >= 0.3 is 0 Å². The molecule has 6 heteroatoms. The average Bonchev–Trinajstić information content (AvgIpc) is 3.10. The minimum Gasteiger partial charge on any atom is -0.459 e. The number of likely N-dealkylation sites (tertiary alicyclic amines) is 1. The molecule has 0 amide bonds. The molecule has 0 aliphatic carbocycles. The van der Waals surface area contributed by atoms with E-state index in [4.69, 9.17) is 14.7 Å². The Morgan fingerprint density at radius 3 is 3.20 bits per heavy atom. The van der Waals surface area contributed by atoms with E-state index < -0.39 is 0 Å². The Morgan fingerprint density at radius 2 is 2.40 bits per heavy atom. The normalized spacial score (nSPS) is 20.4. The van der Waals surface area contributed by atoms with Crippen molar-refractivity contribution in [3.8, 4) is 11.7 Å². The maximum atomic E-state index is 5.65. The van der Waals surface area contributed by atoms with Crippen LogP contribution in [-0.4, -0.2) is 34.7 Å². The molecule has 0 radical (unpaired) electrons. The molecule has 0 saturated carbocycles. The molecule has 2 aromatic rings. The molecule has 0 aromatic carbocycles. The third-order valence-electron chi connectivity index (χ3n) is 3.74. The second-order valence-corrected chi connectivity index (χ2v) is 5.31. The van der Waals surface area contributed by atoms with Gasteiger partial charge < -0.3 is 14.7 Å². The number of hydrogen-bond donors (Lipinski definition) is 1. The average molecular weight is 276 g/mol. The smallest absolute Gasteiger partial charge is 0.293 e. The van der Waals surface area contributed by atoms with Crippen molar-refractivity contribution < 1.29 is 8.94 Å². The first-order chi connectivity index (χ1) is 9.85. The zero-order chi connectivity index (χ0) is 13.8. The zero-order valence-electron chi connectivity index (χ0n) is 11.5. The summed E-state index contributed by atoms with van der Waals surface area (Å²) in [6.07, 6.45) is 5.19. The predicted molar refractivity (Wildman–Crippen MR) is 73.7 cm³/mol. The van der Waals surface area contributed by atoms with Crippen LogP contribution >= 0.6 is 0 Å². The summed E-state index contributed by atoms with van der Waals surface area (Å²) in [6.45, 7) is 3.65. The van der Waals surface area contributed by atoms with Crippen molar-refractivity contribution in [2.75, 3.05) is 19.6 Å². The summed E-state index contributed by atoms with van der Waals surface area (Å²) in [4.78, 5) is 6.76. The van der Waals surface area contributed by atoms with Crippen molar-refractivity contribution in [2.45, 2.75) is 25.8 Å². The third-order valence-corrected chi connectivity index (χ3v) is 3.74. The minimum atomic E-state index is 0.445. The lowest BCUT2D eigenvalue weighted by molar-refractivity contribution is 0.158. The first kappa shape index (κ1) is 13.3. The highest BCUT2D eigenvalue weighted by atomic mass is 16.5. The number of rotatable bonds is 5. The van der Waals surface area contributed by atoms with E-state index in [-0.39, 0.29) is 0 Å². The van der Waals surface area contributed by atoms with Gasteiger partial charge in [-0.25, -0.2) is 0 Å². The van der Waals surface area contributed by atoms with E-state index in [1.54, 1.807) is 12.3 Å². The lowest BCUT2D eigenvalue weighted by Crippen LogP contribution is -2.35. The van der Waals surface area contributed by atoms with Crippen LogP contribution in [0.2, 0.25) is 0 Å². The van der Waals surface area contributed by atoms with Crippen LogP contribution in [0.1, 0.15) is 25.1 Å². The van der Waals surface area contributed by atoms with E-state index in [9.17, 15) is 0 Å². The summed E-state index contributed by atoms with van der Waals surface area (Å²) in [5, 5.41) is 4.02. The highest BCUT2D eigenvalue weighted by Gasteiger charge is 2.21. The first-order valence-corrected chi connectivity index (χ1v) is 7.14. The molecule has 0 bridgehead atoms. The summed E-state index contributed by atoms with van der Waals surface area (Å²) in [5.41, 5.74) is 5.65. The lowest BCUT2D eigenvalue weighted by Gasteiger charge is -2.31. The molecule has 1 atom stereocenters. The molecule has 3 heterocycles. The van der Waals surface area contributed by atoms with Gasteiger partial charge in [0.15, 0.2) is 11.6 Å². The van der Waals surface area contributed by atoms with Gasteiger partial charge in [0, 0.05) is 6.54 Å². The number of furan rings is 1. The summed E-state index contributed by atoms with van der Waals surface area (Å²) in [7, 11) is 0. The van der Waals surface area contributed by atoms with Crippen LogP contribution in [0, 0.1) is 5.92 Å². The van der Waals surface area contributed by atoms with E-state index in [0.29, 0.717) is 23.4 Å². The van der Waals surface area contributed by atoms with E-state index in [1.807, 2.05) is 6.07 Å². The number of piperidine rings is 1. The van der Waals surface area contributed by atoms with Crippen LogP contribution in [0.3, 0.4) is 0 Å². The van der Waals surface area contributed by atoms with Crippen LogP contribution in [0.4, 0.5) is 0 Å². The van der Waals surface area contributed by atoms with Crippen molar-refractivity contribution in [1.29, 1.82) is 0 Å². The fourth-order valence-corrected chi connectivity index (χ4v) is 2.78. The van der Waals surface area contributed by atoms with E-state index in [2.05, 4.69) is 15.0 Å². The van der Waals surface area contributed by atoms with Gasteiger partial charge in [0.2, 0.25) is 0 Å². The molecule has 0 spiro atoms. The molecule has 1 fully saturated rings. The van der Waals surface area contributed by atoms with Crippen LogP contribution in [0.5, 0.6) is 0 Å². The van der Waals surface area contributed by atoms with Crippen molar-refractivity contribution in [2.24, 2.45) is 11.7 Å². The van der Waals surface area contributed by atoms with Crippen LogP contribution in [-0.2, 0) is 6.54 Å². The van der Waals surface area contributed by atoms with E-state index >= 15 is 0 Å². The molecule has 3 rings (SSSR count). The minimum absolute atomic E-state index is 0.445. The molecule has 6 nitrogen and oxygen atoms in total. The van der Waals surface area contributed by atoms with E-state index in [1.165, 1.54) is 12.8 Å². The molecule has 108 valence electrons. The maximum absolute atomic E-state index is 5.65. The van der Waals surface area contributed by atoms with Gasteiger partial charge in [0.25, 0.3) is 5.89 Å². The van der Waals surface area contributed by atoms with Crippen LogP contribution in [0.15, 0.2) is 27.3 Å². The number of nitrogens with two attached hydrogens (primary N) is 1. The molecule has 20 heavy (non-hydrogen) atoms. The molecule has 1 aliphatic heterocycles. The van der Waals surface area contributed by atoms with Crippen molar-refractivity contribution in [1.82, 2.24) is 15.0 Å². The quantitative estimate of drug-likeness (QED) is 0.898. The Labute approximate surface area is 117 Å². The largest absolute Gasteiger partial charge is 0.459 e. The highest BCUT2D eigenvalue weighted by molar-refractivity contribution is 5.42. The summed E-state index contributed by atoms with van der Waals surface area (Å²) in [5.74, 6) is 2.47. The van der Waals surface area contributed by atoms with Gasteiger partial charge in [-0.1, -0.05) is 5.16 Å². The standard InChI is InChI=1S/C14H20N4O2/c15-6-5-11-3-1-7-18(9-11)10-13-16-14(20-17-13)12-4-2-8-19-12/h2,4,8,11H,1,3,5-7,9-10,15H2. The van der Waals surface area contributed by atoms with Gasteiger partial charge in [-0.15, -0.1) is 0 Å². The molecular weight excluding hydrogens is 256 g/mol. The molecular formula is C14H20N4O2. The number of nitrogens with zero attached hydrogens (tertiary/aromatic N) is 3. The monoisotopic (exact) mass is 276 g/mol. The highest BCUT2D eigenvalue weighted by Crippen LogP contribution is 2.21. The Hall–Kier alpha value is -1.66. The number of aromatic nitrogens is 2. The lowest BCUT2D eigenvalue weighted by atomic mass is 9.95. The Balaban J connectivity index is 1.60. The molecule has 1 saturated heterocycles. The van der Waals surface area contributed by atoms with Crippen LogP contribution < -0.4 is 5.73 Å². The summed E-state index contributed by atoms with van der Waals surface area (Å²) < 4.78 is 10.5. The Bertz CT molecular complexity index is 521. The third kappa shape index (κ3) is 3.08. The maximum Gasteiger partial charge on any atom is 0.293 e. The second kappa shape index (κ2) is 6.19. The fourth-order valence-electron chi connectivity index (χ4n) is 2.78. The molecule has 2 N–H and O–H groups in total.